The van der Waals surface area contributed by atoms with Gasteiger partial charge in [0.25, 0.3) is 5.91 Å². The zero-order valence-electron chi connectivity index (χ0n) is 11.3. The molecule has 106 valence electrons. The van der Waals surface area contributed by atoms with E-state index in [1.54, 1.807) is 42.2 Å². The summed E-state index contributed by atoms with van der Waals surface area (Å²) in [7, 11) is 1.66. The Labute approximate surface area is 126 Å². The Morgan fingerprint density at radius 1 is 1.33 bits per heavy atom. The molecule has 3 rings (SSSR count). The minimum absolute atomic E-state index is 0.190. The van der Waals surface area contributed by atoms with Crippen LogP contribution in [-0.4, -0.2) is 22.6 Å². The van der Waals surface area contributed by atoms with Crippen LogP contribution >= 0.6 is 11.6 Å². The average molecular weight is 301 g/mol. The molecule has 0 radical (unpaired) electrons. The number of nitrogen functional groups attached to an aromatic ring is 1. The van der Waals surface area contributed by atoms with Gasteiger partial charge in [0.05, 0.1) is 28.7 Å². The number of hydrogen-bond donors (Lipinski definition) is 1. The van der Waals surface area contributed by atoms with Crippen LogP contribution in [-0.2, 0) is 0 Å². The number of hydrogen-bond acceptors (Lipinski definition) is 3. The number of anilines is 2. The molecule has 2 heterocycles. The Morgan fingerprint density at radius 3 is 2.95 bits per heavy atom. The monoisotopic (exact) mass is 300 g/mol. The quantitative estimate of drug-likeness (QED) is 0.740. The van der Waals surface area contributed by atoms with Crippen LogP contribution in [0.15, 0.2) is 48.8 Å². The lowest BCUT2D eigenvalue weighted by atomic mass is 10.2. The summed E-state index contributed by atoms with van der Waals surface area (Å²) in [4.78, 5) is 14.1. The Kier molecular flexibility index (Phi) is 3.27. The molecule has 6 heteroatoms. The van der Waals surface area contributed by atoms with Gasteiger partial charge in [0.15, 0.2) is 0 Å². The third kappa shape index (κ3) is 2.32. The summed E-state index contributed by atoms with van der Waals surface area (Å²) in [5.74, 6) is -0.190. The van der Waals surface area contributed by atoms with Crippen LogP contribution in [0, 0.1) is 0 Å². The second-order valence-corrected chi connectivity index (χ2v) is 5.09. The Balaban J connectivity index is 2.03. The van der Waals surface area contributed by atoms with E-state index < -0.39 is 0 Å². The Bertz CT molecular complexity index is 827. The van der Waals surface area contributed by atoms with Crippen molar-refractivity contribution >= 4 is 34.4 Å². The van der Waals surface area contributed by atoms with E-state index in [0.29, 0.717) is 22.0 Å². The number of halogens is 1. The Morgan fingerprint density at radius 2 is 2.14 bits per heavy atom. The predicted octanol–water partition coefficient (Wildman–Crippen LogP) is 2.85. The number of carbonyl (C=O) groups excluding carboxylic acids is 1. The summed E-state index contributed by atoms with van der Waals surface area (Å²) in [6, 6.07) is 10.6. The van der Waals surface area contributed by atoms with Gasteiger partial charge in [0.1, 0.15) is 0 Å². The molecule has 21 heavy (non-hydrogen) atoms. The van der Waals surface area contributed by atoms with Gasteiger partial charge in [-0.15, -0.1) is 0 Å². The maximum atomic E-state index is 12.7. The van der Waals surface area contributed by atoms with E-state index in [1.807, 2.05) is 18.2 Å². The van der Waals surface area contributed by atoms with E-state index >= 15 is 0 Å². The minimum Gasteiger partial charge on any atom is -0.397 e. The van der Waals surface area contributed by atoms with Gasteiger partial charge < -0.3 is 10.6 Å². The van der Waals surface area contributed by atoms with Gasteiger partial charge in [0.2, 0.25) is 0 Å². The van der Waals surface area contributed by atoms with E-state index in [4.69, 9.17) is 17.3 Å². The molecule has 0 aliphatic heterocycles. The number of carbonyl (C=O) groups is 1. The van der Waals surface area contributed by atoms with E-state index in [0.717, 1.165) is 5.52 Å². The number of benzene rings is 1. The smallest absolute Gasteiger partial charge is 0.261 e. The molecule has 5 nitrogen and oxygen atoms in total. The fourth-order valence-electron chi connectivity index (χ4n) is 2.20. The van der Waals surface area contributed by atoms with Crippen LogP contribution < -0.4 is 10.6 Å². The van der Waals surface area contributed by atoms with Crippen LogP contribution in [0.2, 0.25) is 5.02 Å². The molecular weight excluding hydrogens is 288 g/mol. The summed E-state index contributed by atoms with van der Waals surface area (Å²) in [6.45, 7) is 0. The number of nitrogens with zero attached hydrogens (tertiary/aromatic N) is 3. The molecule has 1 amide bonds. The summed E-state index contributed by atoms with van der Waals surface area (Å²) in [6.07, 6.45) is 3.34. The normalized spacial score (nSPS) is 10.8. The molecule has 0 fully saturated rings. The molecule has 0 unspecified atom stereocenters. The standard InChI is InChI=1S/C15H13ClN4O/c1-19(14-8-10(16)5-6-12(14)17)15(21)11-9-18-20-7-3-2-4-13(11)20/h2-9H,17H2,1H3. The van der Waals surface area contributed by atoms with Crippen molar-refractivity contribution in [1.82, 2.24) is 9.61 Å². The zero-order chi connectivity index (χ0) is 15.0. The molecule has 1 aromatic carbocycles. The Hall–Kier alpha value is -2.53. The lowest BCUT2D eigenvalue weighted by Gasteiger charge is -2.19. The lowest BCUT2D eigenvalue weighted by Crippen LogP contribution is -2.26. The van der Waals surface area contributed by atoms with Crippen molar-refractivity contribution in [3.05, 3.63) is 59.4 Å². The first-order valence-corrected chi connectivity index (χ1v) is 6.71. The van der Waals surface area contributed by atoms with E-state index in [2.05, 4.69) is 5.10 Å². The van der Waals surface area contributed by atoms with Gasteiger partial charge in [-0.25, -0.2) is 4.52 Å². The van der Waals surface area contributed by atoms with Crippen LogP contribution in [0.3, 0.4) is 0 Å². The van der Waals surface area contributed by atoms with E-state index in [1.165, 1.54) is 4.90 Å². The second-order valence-electron chi connectivity index (χ2n) is 4.66. The van der Waals surface area contributed by atoms with E-state index in [9.17, 15) is 4.79 Å². The molecule has 2 N–H and O–H groups in total. The van der Waals surface area contributed by atoms with Crippen molar-refractivity contribution in [2.24, 2.45) is 0 Å². The molecule has 2 aromatic heterocycles. The van der Waals surface area contributed by atoms with Gasteiger partial charge in [-0.2, -0.15) is 5.10 Å². The average Bonchev–Trinajstić information content (AvgIpc) is 2.92. The predicted molar refractivity (Wildman–Crippen MR) is 83.8 cm³/mol. The number of fused-ring (bicyclic) bond motifs is 1. The molecular formula is C15H13ClN4O. The zero-order valence-corrected chi connectivity index (χ0v) is 12.1. The molecule has 0 saturated heterocycles. The van der Waals surface area contributed by atoms with Crippen LogP contribution in [0.4, 0.5) is 11.4 Å². The minimum atomic E-state index is -0.190. The van der Waals surface area contributed by atoms with Crippen molar-refractivity contribution in [2.45, 2.75) is 0 Å². The lowest BCUT2D eigenvalue weighted by molar-refractivity contribution is 0.0994. The summed E-state index contributed by atoms with van der Waals surface area (Å²) < 4.78 is 1.66. The number of rotatable bonds is 2. The fraction of sp³-hybridized carbons (Fsp3) is 0.0667. The third-order valence-electron chi connectivity index (χ3n) is 3.32. The molecule has 0 aliphatic rings. The first kappa shape index (κ1) is 13.5. The van der Waals surface area contributed by atoms with Crippen molar-refractivity contribution < 1.29 is 4.79 Å². The third-order valence-corrected chi connectivity index (χ3v) is 3.55. The highest BCUT2D eigenvalue weighted by Crippen LogP contribution is 2.27. The van der Waals surface area contributed by atoms with Crippen molar-refractivity contribution in [2.75, 3.05) is 17.7 Å². The largest absolute Gasteiger partial charge is 0.397 e. The van der Waals surface area contributed by atoms with Crippen LogP contribution in [0.5, 0.6) is 0 Å². The summed E-state index contributed by atoms with van der Waals surface area (Å²) in [5.41, 5.74) is 8.24. The second kappa shape index (κ2) is 5.10. The van der Waals surface area contributed by atoms with Gasteiger partial charge in [0, 0.05) is 18.3 Å². The SMILES string of the molecule is CN(C(=O)c1cnn2ccccc12)c1cc(Cl)ccc1N. The number of pyridine rings is 1. The van der Waals surface area contributed by atoms with Crippen molar-refractivity contribution in [3.8, 4) is 0 Å². The summed E-state index contributed by atoms with van der Waals surface area (Å²) in [5, 5.41) is 4.69. The van der Waals surface area contributed by atoms with Gasteiger partial charge >= 0.3 is 0 Å². The first-order valence-electron chi connectivity index (χ1n) is 6.33. The number of amides is 1. The molecule has 0 spiro atoms. The number of nitrogens with two attached hydrogens (primary N) is 1. The van der Waals surface area contributed by atoms with Gasteiger partial charge in [-0.05, 0) is 30.3 Å². The van der Waals surface area contributed by atoms with Gasteiger partial charge in [-0.1, -0.05) is 17.7 Å². The van der Waals surface area contributed by atoms with Crippen molar-refractivity contribution in [1.29, 1.82) is 0 Å². The van der Waals surface area contributed by atoms with E-state index in [-0.39, 0.29) is 5.91 Å². The summed E-state index contributed by atoms with van der Waals surface area (Å²) >= 11 is 5.98. The topological polar surface area (TPSA) is 63.6 Å². The van der Waals surface area contributed by atoms with Gasteiger partial charge in [-0.3, -0.25) is 4.79 Å². The first-order chi connectivity index (χ1) is 10.1. The van der Waals surface area contributed by atoms with Crippen LogP contribution in [0.1, 0.15) is 10.4 Å². The highest BCUT2D eigenvalue weighted by Gasteiger charge is 2.19. The molecule has 0 saturated carbocycles. The number of aromatic nitrogens is 2. The highest BCUT2D eigenvalue weighted by molar-refractivity contribution is 6.31. The van der Waals surface area contributed by atoms with Crippen LogP contribution in [0.25, 0.3) is 5.52 Å². The molecule has 0 bridgehead atoms. The molecule has 0 aliphatic carbocycles. The van der Waals surface area contributed by atoms with Crippen molar-refractivity contribution in [3.63, 3.8) is 0 Å². The maximum absolute atomic E-state index is 12.7. The maximum Gasteiger partial charge on any atom is 0.261 e. The molecule has 3 aromatic rings. The fourth-order valence-corrected chi connectivity index (χ4v) is 2.36. The molecule has 0 atom stereocenters. The highest BCUT2D eigenvalue weighted by atomic mass is 35.5.